The van der Waals surface area contributed by atoms with Gasteiger partial charge in [-0.2, -0.15) is 0 Å². The maximum atomic E-state index is 11.4. The third-order valence-corrected chi connectivity index (χ3v) is 4.04. The van der Waals surface area contributed by atoms with Gasteiger partial charge in [-0.25, -0.2) is 9.97 Å². The first-order valence-electron chi connectivity index (χ1n) is 7.81. The van der Waals surface area contributed by atoms with Crippen LogP contribution < -0.4 is 4.74 Å². The van der Waals surface area contributed by atoms with Gasteiger partial charge in [-0.3, -0.25) is 9.69 Å². The Kier molecular flexibility index (Phi) is 6.80. The van der Waals surface area contributed by atoms with Crippen LogP contribution in [-0.4, -0.2) is 64.5 Å². The van der Waals surface area contributed by atoms with Gasteiger partial charge in [0.25, 0.3) is 0 Å². The number of carbonyl (C=O) groups excluding carboxylic acids is 1. The molecule has 7 heteroatoms. The van der Waals surface area contributed by atoms with Crippen molar-refractivity contribution >= 4 is 17.5 Å². The molecule has 0 bridgehead atoms. The fourth-order valence-electron chi connectivity index (χ4n) is 2.53. The van der Waals surface area contributed by atoms with Crippen LogP contribution in [0.3, 0.4) is 0 Å². The molecule has 2 rings (SSSR count). The molecule has 1 aliphatic heterocycles. The summed E-state index contributed by atoms with van der Waals surface area (Å²) in [7, 11) is 0. The van der Waals surface area contributed by atoms with Crippen molar-refractivity contribution in [2.75, 3.05) is 32.7 Å². The van der Waals surface area contributed by atoms with E-state index in [9.17, 15) is 4.79 Å². The Balaban J connectivity index is 1.89. The Morgan fingerprint density at radius 2 is 2.04 bits per heavy atom. The fourth-order valence-corrected chi connectivity index (χ4v) is 2.63. The zero-order chi connectivity index (χ0) is 16.7. The van der Waals surface area contributed by atoms with Crippen LogP contribution in [0.25, 0.3) is 0 Å². The summed E-state index contributed by atoms with van der Waals surface area (Å²) in [6.07, 6.45) is 6.64. The summed E-state index contributed by atoms with van der Waals surface area (Å²) in [6, 6.07) is 0.339. The first kappa shape index (κ1) is 17.7. The van der Waals surface area contributed by atoms with Crippen LogP contribution in [0.15, 0.2) is 25.0 Å². The number of ether oxygens (including phenoxy) is 1. The van der Waals surface area contributed by atoms with E-state index < -0.39 is 0 Å². The summed E-state index contributed by atoms with van der Waals surface area (Å²) in [6.45, 7) is 9.41. The van der Waals surface area contributed by atoms with Crippen LogP contribution in [0.1, 0.15) is 19.8 Å². The third kappa shape index (κ3) is 5.80. The average Bonchev–Trinajstić information content (AvgIpc) is 2.55. The minimum Gasteiger partial charge on any atom is -0.459 e. The van der Waals surface area contributed by atoms with E-state index in [4.69, 9.17) is 16.3 Å². The number of amides is 1. The van der Waals surface area contributed by atoms with E-state index in [1.165, 1.54) is 12.4 Å². The van der Waals surface area contributed by atoms with E-state index >= 15 is 0 Å². The van der Waals surface area contributed by atoms with Gasteiger partial charge in [0.2, 0.25) is 5.91 Å². The molecule has 1 aromatic heterocycles. The lowest BCUT2D eigenvalue weighted by Gasteiger charge is -2.35. The second kappa shape index (κ2) is 8.84. The van der Waals surface area contributed by atoms with Gasteiger partial charge in [0.15, 0.2) is 0 Å². The summed E-state index contributed by atoms with van der Waals surface area (Å²) in [5.74, 6) is 0.138. The summed E-state index contributed by atoms with van der Waals surface area (Å²) in [4.78, 5) is 23.7. The quantitative estimate of drug-likeness (QED) is 0.712. The van der Waals surface area contributed by atoms with Crippen LogP contribution in [-0.2, 0) is 4.79 Å². The van der Waals surface area contributed by atoms with Crippen molar-refractivity contribution in [3.05, 3.63) is 30.1 Å². The summed E-state index contributed by atoms with van der Waals surface area (Å²) in [5.41, 5.74) is 0. The standard InChI is InChI=1S/C16H23ClN4O2/c1-3-4-5-15(23-16-18-10-14(17)11-19-16)12-20-6-8-21(9-7-20)13(2)22/h3,10-11,15H,1,4-9,12H2,2H3/t15-/m1/s1. The molecule has 6 nitrogen and oxygen atoms in total. The Morgan fingerprint density at radius 1 is 1.39 bits per heavy atom. The van der Waals surface area contributed by atoms with Gasteiger partial charge in [-0.15, -0.1) is 6.58 Å². The van der Waals surface area contributed by atoms with Gasteiger partial charge >= 0.3 is 6.01 Å². The first-order valence-corrected chi connectivity index (χ1v) is 8.19. The lowest BCUT2D eigenvalue weighted by atomic mass is 10.1. The zero-order valence-electron chi connectivity index (χ0n) is 13.4. The zero-order valence-corrected chi connectivity index (χ0v) is 14.2. The summed E-state index contributed by atoms with van der Waals surface area (Å²) >= 11 is 5.79. The summed E-state index contributed by atoms with van der Waals surface area (Å²) in [5, 5.41) is 0.486. The van der Waals surface area contributed by atoms with Crippen molar-refractivity contribution in [2.45, 2.75) is 25.9 Å². The molecule has 1 aromatic rings. The maximum absolute atomic E-state index is 11.4. The molecule has 0 radical (unpaired) electrons. The van der Waals surface area contributed by atoms with Gasteiger partial charge in [0.05, 0.1) is 17.4 Å². The molecule has 0 spiro atoms. The number of aromatic nitrogens is 2. The molecule has 2 heterocycles. The molecular formula is C16H23ClN4O2. The van der Waals surface area contributed by atoms with E-state index in [2.05, 4.69) is 21.4 Å². The number of halogens is 1. The van der Waals surface area contributed by atoms with Crippen molar-refractivity contribution in [1.82, 2.24) is 19.8 Å². The van der Waals surface area contributed by atoms with Crippen LogP contribution >= 0.6 is 11.6 Å². The second-order valence-corrected chi connectivity index (χ2v) is 6.03. The molecule has 1 fully saturated rings. The predicted octanol–water partition coefficient (Wildman–Crippen LogP) is 2.01. The van der Waals surface area contributed by atoms with Gasteiger partial charge < -0.3 is 9.64 Å². The second-order valence-electron chi connectivity index (χ2n) is 5.60. The lowest BCUT2D eigenvalue weighted by molar-refractivity contribution is -0.130. The number of carbonyl (C=O) groups is 1. The largest absolute Gasteiger partial charge is 0.459 e. The molecule has 0 aromatic carbocycles. The van der Waals surface area contributed by atoms with E-state index in [-0.39, 0.29) is 12.0 Å². The minimum absolute atomic E-state index is 0.0157. The Labute approximate surface area is 142 Å². The number of allylic oxidation sites excluding steroid dienone is 1. The number of hydrogen-bond donors (Lipinski definition) is 0. The van der Waals surface area contributed by atoms with Gasteiger partial charge in [-0.1, -0.05) is 17.7 Å². The molecule has 126 valence electrons. The number of piperazine rings is 1. The molecule has 1 saturated heterocycles. The van der Waals surface area contributed by atoms with Crippen molar-refractivity contribution in [3.8, 4) is 6.01 Å². The predicted molar refractivity (Wildman–Crippen MR) is 89.6 cm³/mol. The SMILES string of the molecule is C=CCC[C@H](CN1CCN(C(C)=O)CC1)Oc1ncc(Cl)cn1. The molecule has 1 amide bonds. The lowest BCUT2D eigenvalue weighted by Crippen LogP contribution is -2.50. The maximum Gasteiger partial charge on any atom is 0.316 e. The van der Waals surface area contributed by atoms with Crippen molar-refractivity contribution < 1.29 is 9.53 Å². The molecule has 0 unspecified atom stereocenters. The molecule has 1 atom stereocenters. The highest BCUT2D eigenvalue weighted by Crippen LogP contribution is 2.13. The van der Waals surface area contributed by atoms with Gasteiger partial charge in [0, 0.05) is 39.6 Å². The van der Waals surface area contributed by atoms with E-state index in [1.54, 1.807) is 6.92 Å². The topological polar surface area (TPSA) is 58.6 Å². The Bertz CT molecular complexity index is 515. The Morgan fingerprint density at radius 3 is 2.61 bits per heavy atom. The average molecular weight is 339 g/mol. The Hall–Kier alpha value is -1.66. The van der Waals surface area contributed by atoms with Gasteiger partial charge in [-0.05, 0) is 12.8 Å². The number of rotatable bonds is 7. The summed E-state index contributed by atoms with van der Waals surface area (Å²) < 4.78 is 5.90. The minimum atomic E-state index is -0.0157. The number of nitrogens with zero attached hydrogens (tertiary/aromatic N) is 4. The molecule has 0 N–H and O–H groups in total. The van der Waals surface area contributed by atoms with Crippen LogP contribution in [0.2, 0.25) is 5.02 Å². The molecule has 1 aliphatic rings. The van der Waals surface area contributed by atoms with E-state index in [1.807, 2.05) is 11.0 Å². The monoisotopic (exact) mass is 338 g/mol. The van der Waals surface area contributed by atoms with Crippen LogP contribution in [0.4, 0.5) is 0 Å². The van der Waals surface area contributed by atoms with Crippen molar-refractivity contribution in [3.63, 3.8) is 0 Å². The highest BCUT2D eigenvalue weighted by Gasteiger charge is 2.22. The van der Waals surface area contributed by atoms with Crippen molar-refractivity contribution in [1.29, 1.82) is 0 Å². The van der Waals surface area contributed by atoms with Crippen LogP contribution in [0.5, 0.6) is 6.01 Å². The number of hydrogen-bond acceptors (Lipinski definition) is 5. The van der Waals surface area contributed by atoms with E-state index in [0.29, 0.717) is 11.0 Å². The molecule has 0 aliphatic carbocycles. The van der Waals surface area contributed by atoms with Crippen LogP contribution in [0, 0.1) is 0 Å². The molecular weight excluding hydrogens is 316 g/mol. The normalized spacial score (nSPS) is 16.9. The first-order chi connectivity index (χ1) is 11.1. The smallest absolute Gasteiger partial charge is 0.316 e. The van der Waals surface area contributed by atoms with Crippen molar-refractivity contribution in [2.24, 2.45) is 0 Å². The highest BCUT2D eigenvalue weighted by molar-refractivity contribution is 6.30. The fraction of sp³-hybridized carbons (Fsp3) is 0.562. The van der Waals surface area contributed by atoms with Gasteiger partial charge in [0.1, 0.15) is 6.10 Å². The highest BCUT2D eigenvalue weighted by atomic mass is 35.5. The third-order valence-electron chi connectivity index (χ3n) is 3.84. The molecule has 0 saturated carbocycles. The van der Waals surface area contributed by atoms with E-state index in [0.717, 1.165) is 45.6 Å². The molecule has 23 heavy (non-hydrogen) atoms.